The number of fused-ring (bicyclic) bond motifs is 2. The molecule has 274 valence electrons. The molecule has 0 aromatic heterocycles. The standard InChI is InChI=1S/C40H40N4O9/c1-26(20-21-51-40(2,3)23-37(47)53-44-35(45)18-19-36(44)46)41-39(49)50-25-27-12-14-29(15-13-27)33-22-31(52-42-33)24-43-34-11-7-5-9-30(34)17-16-28-8-4-6-10-32(28)38(43)48/h4-15,26,31H,18-25H2,1-3H3,(H,41,49). The lowest BCUT2D eigenvalue weighted by atomic mass is 10.0. The van der Waals surface area contributed by atoms with Crippen LogP contribution in [0.2, 0.25) is 0 Å². The molecule has 3 aliphatic heterocycles. The number of benzene rings is 3. The lowest BCUT2D eigenvalue weighted by molar-refractivity contribution is -0.200. The van der Waals surface area contributed by atoms with E-state index in [2.05, 4.69) is 22.3 Å². The van der Waals surface area contributed by atoms with Crippen molar-refractivity contribution in [2.24, 2.45) is 5.16 Å². The van der Waals surface area contributed by atoms with Crippen LogP contribution in [0, 0.1) is 11.8 Å². The number of hydrogen-bond donors (Lipinski definition) is 1. The van der Waals surface area contributed by atoms with Crippen molar-refractivity contribution in [3.05, 3.63) is 101 Å². The second kappa shape index (κ2) is 16.1. The minimum atomic E-state index is -0.924. The van der Waals surface area contributed by atoms with E-state index in [0.717, 1.165) is 28.1 Å². The van der Waals surface area contributed by atoms with E-state index in [1.807, 2.05) is 66.7 Å². The second-order valence-corrected chi connectivity index (χ2v) is 13.6. The van der Waals surface area contributed by atoms with Crippen molar-refractivity contribution in [1.82, 2.24) is 10.4 Å². The first kappa shape index (κ1) is 36.8. The molecular formula is C40H40N4O9. The van der Waals surface area contributed by atoms with Gasteiger partial charge in [-0.25, -0.2) is 9.59 Å². The Morgan fingerprint density at radius 3 is 2.40 bits per heavy atom. The summed E-state index contributed by atoms with van der Waals surface area (Å²) in [6.07, 6.45) is -0.136. The molecule has 0 bridgehead atoms. The molecule has 0 spiro atoms. The third kappa shape index (κ3) is 9.27. The zero-order valence-electron chi connectivity index (χ0n) is 29.8. The van der Waals surface area contributed by atoms with Crippen LogP contribution in [0.15, 0.2) is 78.0 Å². The Kier molecular flexibility index (Phi) is 11.2. The Morgan fingerprint density at radius 2 is 1.64 bits per heavy atom. The van der Waals surface area contributed by atoms with E-state index in [1.165, 1.54) is 0 Å². The van der Waals surface area contributed by atoms with Crippen molar-refractivity contribution in [2.45, 2.75) is 77.2 Å². The Bertz CT molecular complexity index is 1980. The maximum atomic E-state index is 13.8. The Balaban J connectivity index is 0.930. The number of para-hydroxylation sites is 1. The fourth-order valence-electron chi connectivity index (χ4n) is 6.02. The van der Waals surface area contributed by atoms with Crippen LogP contribution in [0.5, 0.6) is 0 Å². The molecule has 2 atom stereocenters. The van der Waals surface area contributed by atoms with Gasteiger partial charge in [0.1, 0.15) is 6.61 Å². The second-order valence-electron chi connectivity index (χ2n) is 13.6. The minimum Gasteiger partial charge on any atom is -0.445 e. The number of alkyl carbamates (subject to hydrolysis) is 1. The predicted molar refractivity (Wildman–Crippen MR) is 192 cm³/mol. The van der Waals surface area contributed by atoms with Gasteiger partial charge in [-0.05, 0) is 62.6 Å². The van der Waals surface area contributed by atoms with Gasteiger partial charge in [-0.15, -0.1) is 5.06 Å². The minimum absolute atomic E-state index is 0.0214. The Morgan fingerprint density at radius 1 is 0.962 bits per heavy atom. The highest BCUT2D eigenvalue weighted by atomic mass is 16.7. The topological polar surface area (TPSA) is 153 Å². The Hall–Kier alpha value is -6.00. The number of imide groups is 1. The summed E-state index contributed by atoms with van der Waals surface area (Å²) >= 11 is 0. The molecule has 1 saturated heterocycles. The average Bonchev–Trinajstić information content (AvgIpc) is 3.73. The van der Waals surface area contributed by atoms with Crippen LogP contribution in [-0.2, 0) is 40.1 Å². The summed E-state index contributed by atoms with van der Waals surface area (Å²) < 4.78 is 11.2. The van der Waals surface area contributed by atoms with Crippen molar-refractivity contribution < 1.29 is 43.1 Å². The van der Waals surface area contributed by atoms with Crippen LogP contribution in [0.3, 0.4) is 0 Å². The third-order valence-electron chi connectivity index (χ3n) is 8.88. The van der Waals surface area contributed by atoms with E-state index in [-0.39, 0.29) is 50.5 Å². The van der Waals surface area contributed by atoms with Gasteiger partial charge in [0, 0.05) is 43.0 Å². The molecule has 3 aliphatic rings. The van der Waals surface area contributed by atoms with Crippen molar-refractivity contribution in [2.75, 3.05) is 18.1 Å². The molecule has 0 radical (unpaired) electrons. The van der Waals surface area contributed by atoms with E-state index in [0.29, 0.717) is 35.6 Å². The van der Waals surface area contributed by atoms with Crippen molar-refractivity contribution in [3.8, 4) is 11.8 Å². The number of hydroxylamine groups is 2. The number of nitrogens with zero attached hydrogens (tertiary/aromatic N) is 3. The van der Waals surface area contributed by atoms with Crippen molar-refractivity contribution in [3.63, 3.8) is 0 Å². The highest BCUT2D eigenvalue weighted by Gasteiger charge is 2.35. The van der Waals surface area contributed by atoms with Gasteiger partial charge in [-0.3, -0.25) is 14.4 Å². The number of carbonyl (C=O) groups is 5. The zero-order chi connectivity index (χ0) is 37.5. The largest absolute Gasteiger partial charge is 0.445 e. The monoisotopic (exact) mass is 720 g/mol. The Labute approximate surface area is 307 Å². The molecule has 6 rings (SSSR count). The average molecular weight is 721 g/mol. The smallest absolute Gasteiger partial charge is 0.407 e. The first-order chi connectivity index (χ1) is 25.5. The number of hydrogen-bond acceptors (Lipinski definition) is 10. The quantitative estimate of drug-likeness (QED) is 0.189. The van der Waals surface area contributed by atoms with Crippen LogP contribution < -0.4 is 10.2 Å². The normalized spacial score (nSPS) is 17.0. The van der Waals surface area contributed by atoms with Crippen LogP contribution in [0.4, 0.5) is 10.5 Å². The molecule has 0 aliphatic carbocycles. The molecule has 1 fully saturated rings. The van der Waals surface area contributed by atoms with Crippen LogP contribution in [-0.4, -0.2) is 71.5 Å². The number of oxime groups is 1. The maximum Gasteiger partial charge on any atom is 0.407 e. The van der Waals surface area contributed by atoms with Crippen LogP contribution >= 0.6 is 0 Å². The summed E-state index contributed by atoms with van der Waals surface area (Å²) in [4.78, 5) is 74.3. The van der Waals surface area contributed by atoms with Crippen LogP contribution in [0.1, 0.15) is 85.5 Å². The lowest BCUT2D eigenvalue weighted by Gasteiger charge is -2.27. The van der Waals surface area contributed by atoms with E-state index in [1.54, 1.807) is 31.7 Å². The number of carbonyl (C=O) groups excluding carboxylic acids is 5. The van der Waals surface area contributed by atoms with Gasteiger partial charge in [0.15, 0.2) is 6.10 Å². The first-order valence-electron chi connectivity index (χ1n) is 17.4. The van der Waals surface area contributed by atoms with Crippen molar-refractivity contribution in [1.29, 1.82) is 0 Å². The lowest BCUT2D eigenvalue weighted by Crippen LogP contribution is -2.39. The summed E-state index contributed by atoms with van der Waals surface area (Å²) in [5.41, 5.74) is 4.18. The van der Waals surface area contributed by atoms with Gasteiger partial charge in [0.2, 0.25) is 0 Å². The maximum absolute atomic E-state index is 13.8. The number of amides is 4. The molecule has 0 saturated carbocycles. The van der Waals surface area contributed by atoms with Crippen molar-refractivity contribution >= 4 is 41.2 Å². The fourth-order valence-corrected chi connectivity index (χ4v) is 6.02. The molecule has 13 heteroatoms. The molecule has 2 unspecified atom stereocenters. The summed E-state index contributed by atoms with van der Waals surface area (Å²) in [5, 5.41) is 7.61. The van der Waals surface area contributed by atoms with E-state index >= 15 is 0 Å². The van der Waals surface area contributed by atoms with Gasteiger partial charge in [-0.1, -0.05) is 65.5 Å². The SMILES string of the molecule is CC(CCOC(C)(C)CC(=O)ON1C(=O)CCC1=O)NC(=O)OCc1ccc(C2=NOC(CN3C(=O)c4ccccc4C#Cc4ccccc43)C2)cc1. The zero-order valence-corrected chi connectivity index (χ0v) is 29.8. The molecule has 3 aromatic carbocycles. The number of rotatable bonds is 13. The summed E-state index contributed by atoms with van der Waals surface area (Å²) in [6, 6.07) is 22.1. The van der Waals surface area contributed by atoms with Gasteiger partial charge < -0.3 is 29.4 Å². The molecule has 1 N–H and O–H groups in total. The summed E-state index contributed by atoms with van der Waals surface area (Å²) in [6.45, 7) is 5.76. The first-order valence-corrected chi connectivity index (χ1v) is 17.4. The molecule has 13 nitrogen and oxygen atoms in total. The highest BCUT2D eigenvalue weighted by Crippen LogP contribution is 2.28. The molecular weight excluding hydrogens is 680 g/mol. The number of nitrogens with one attached hydrogen (secondary N) is 1. The van der Waals surface area contributed by atoms with E-state index < -0.39 is 29.5 Å². The van der Waals surface area contributed by atoms with Gasteiger partial charge >= 0.3 is 12.1 Å². The van der Waals surface area contributed by atoms with E-state index in [9.17, 15) is 24.0 Å². The van der Waals surface area contributed by atoms with Gasteiger partial charge in [0.05, 0.1) is 35.5 Å². The summed E-state index contributed by atoms with van der Waals surface area (Å²) in [7, 11) is 0. The predicted octanol–water partition coefficient (Wildman–Crippen LogP) is 5.04. The highest BCUT2D eigenvalue weighted by molar-refractivity contribution is 6.09. The van der Waals surface area contributed by atoms with Gasteiger partial charge in [0.25, 0.3) is 17.7 Å². The summed E-state index contributed by atoms with van der Waals surface area (Å²) in [5.74, 6) is 4.36. The van der Waals surface area contributed by atoms with E-state index in [4.69, 9.17) is 19.1 Å². The molecule has 53 heavy (non-hydrogen) atoms. The fraction of sp³-hybridized carbons (Fsp3) is 0.350. The molecule has 3 heterocycles. The van der Waals surface area contributed by atoms with Gasteiger partial charge in [-0.2, -0.15) is 0 Å². The number of anilines is 1. The number of ether oxygens (including phenoxy) is 2. The third-order valence-corrected chi connectivity index (χ3v) is 8.88. The molecule has 4 amide bonds. The molecule has 3 aromatic rings. The van der Waals surface area contributed by atoms with Crippen LogP contribution in [0.25, 0.3) is 0 Å².